The quantitative estimate of drug-likeness (QED) is 0.867. The van der Waals surface area contributed by atoms with Crippen LogP contribution in [0, 0.1) is 5.82 Å². The number of halogens is 2. The van der Waals surface area contributed by atoms with E-state index in [2.05, 4.69) is 5.32 Å². The van der Waals surface area contributed by atoms with Crippen molar-refractivity contribution in [2.75, 3.05) is 18.4 Å². The molecule has 6 heteroatoms. The van der Waals surface area contributed by atoms with Crippen LogP contribution in [0.2, 0.25) is 5.02 Å². The number of piperidine rings is 1. The zero-order valence-electron chi connectivity index (χ0n) is 13.9. The van der Waals surface area contributed by atoms with E-state index in [9.17, 15) is 9.18 Å². The Kier molecular flexibility index (Phi) is 5.74. The fourth-order valence-corrected chi connectivity index (χ4v) is 2.80. The van der Waals surface area contributed by atoms with Crippen molar-refractivity contribution in [2.24, 2.45) is 0 Å². The summed E-state index contributed by atoms with van der Waals surface area (Å²) < 4.78 is 18.7. The Bertz CT molecular complexity index is 560. The van der Waals surface area contributed by atoms with E-state index in [4.69, 9.17) is 16.3 Å². The van der Waals surface area contributed by atoms with Gasteiger partial charge in [-0.15, -0.1) is 0 Å². The van der Waals surface area contributed by atoms with Crippen LogP contribution in [0.3, 0.4) is 0 Å². The van der Waals surface area contributed by atoms with Crippen LogP contribution in [0.4, 0.5) is 14.9 Å². The van der Waals surface area contributed by atoms with E-state index in [0.29, 0.717) is 13.1 Å². The van der Waals surface area contributed by atoms with Gasteiger partial charge in [-0.1, -0.05) is 11.6 Å². The van der Waals surface area contributed by atoms with Crippen molar-refractivity contribution in [3.05, 3.63) is 29.0 Å². The summed E-state index contributed by atoms with van der Waals surface area (Å²) in [5, 5.41) is 3.32. The number of hydrogen-bond acceptors (Lipinski definition) is 3. The number of nitrogens with zero attached hydrogens (tertiary/aromatic N) is 1. The van der Waals surface area contributed by atoms with Gasteiger partial charge in [0.2, 0.25) is 0 Å². The average molecular weight is 343 g/mol. The first-order valence-electron chi connectivity index (χ1n) is 7.95. The van der Waals surface area contributed by atoms with E-state index in [-0.39, 0.29) is 17.2 Å². The third kappa shape index (κ3) is 5.27. The maximum absolute atomic E-state index is 13.2. The lowest BCUT2D eigenvalue weighted by molar-refractivity contribution is 0.0114. The first kappa shape index (κ1) is 17.9. The Morgan fingerprint density at radius 3 is 2.83 bits per heavy atom. The second kappa shape index (κ2) is 7.39. The highest BCUT2D eigenvalue weighted by Crippen LogP contribution is 2.23. The highest BCUT2D eigenvalue weighted by molar-refractivity contribution is 6.31. The summed E-state index contributed by atoms with van der Waals surface area (Å²) >= 11 is 5.79. The summed E-state index contributed by atoms with van der Waals surface area (Å²) in [6.07, 6.45) is 2.70. The predicted octanol–water partition coefficient (Wildman–Crippen LogP) is 4.68. The van der Waals surface area contributed by atoms with Crippen LogP contribution < -0.4 is 5.32 Å². The number of likely N-dealkylation sites (tertiary alicyclic amines) is 1. The summed E-state index contributed by atoms with van der Waals surface area (Å²) in [4.78, 5) is 14.1. The van der Waals surface area contributed by atoms with Crippen LogP contribution in [0.25, 0.3) is 0 Å². The van der Waals surface area contributed by atoms with Crippen LogP contribution in [0.5, 0.6) is 0 Å². The molecule has 1 aromatic carbocycles. The highest BCUT2D eigenvalue weighted by atomic mass is 35.5. The Morgan fingerprint density at radius 1 is 1.43 bits per heavy atom. The molecule has 1 fully saturated rings. The van der Waals surface area contributed by atoms with Crippen LogP contribution in [-0.2, 0) is 4.74 Å². The molecule has 4 nitrogen and oxygen atoms in total. The van der Waals surface area contributed by atoms with Gasteiger partial charge < -0.3 is 15.0 Å². The van der Waals surface area contributed by atoms with E-state index in [1.165, 1.54) is 6.07 Å². The fraction of sp³-hybridized carbons (Fsp3) is 0.588. The molecule has 1 atom stereocenters. The molecule has 2 rings (SSSR count). The number of ether oxygens (including phenoxy) is 1. The summed E-state index contributed by atoms with van der Waals surface area (Å²) in [6, 6.07) is 4.58. The summed E-state index contributed by atoms with van der Waals surface area (Å²) in [7, 11) is 0. The molecule has 1 amide bonds. The van der Waals surface area contributed by atoms with Crippen LogP contribution in [0.1, 0.15) is 40.0 Å². The van der Waals surface area contributed by atoms with Crippen molar-refractivity contribution in [1.82, 2.24) is 4.90 Å². The first-order chi connectivity index (χ1) is 10.8. The topological polar surface area (TPSA) is 41.6 Å². The molecule has 1 N–H and O–H groups in total. The Hall–Kier alpha value is -1.49. The maximum Gasteiger partial charge on any atom is 0.410 e. The number of hydrogen-bond donors (Lipinski definition) is 1. The highest BCUT2D eigenvalue weighted by Gasteiger charge is 2.30. The number of nitrogens with one attached hydrogen (secondary N) is 1. The normalized spacial score (nSPS) is 18.7. The third-order valence-corrected chi connectivity index (χ3v) is 4.01. The molecule has 1 aliphatic heterocycles. The molecule has 0 saturated carbocycles. The van der Waals surface area contributed by atoms with Gasteiger partial charge in [-0.2, -0.15) is 0 Å². The Labute approximate surface area is 141 Å². The van der Waals surface area contributed by atoms with Gasteiger partial charge in [-0.05, 0) is 58.2 Å². The molecular formula is C17H24ClFN2O2. The lowest BCUT2D eigenvalue weighted by atomic mass is 10.0. The van der Waals surface area contributed by atoms with E-state index in [0.717, 1.165) is 24.9 Å². The zero-order valence-corrected chi connectivity index (χ0v) is 14.6. The first-order valence-corrected chi connectivity index (χ1v) is 8.32. The standard InChI is InChI=1S/C17H24ClFN2O2/c1-17(2,3)23-16(22)21-9-5-4-6-13(21)11-20-12-7-8-15(19)14(18)10-12/h7-8,10,13,20H,4-6,9,11H2,1-3H3. The zero-order chi connectivity index (χ0) is 17.0. The van der Waals surface area contributed by atoms with Gasteiger partial charge in [0.25, 0.3) is 0 Å². The molecular weight excluding hydrogens is 319 g/mol. The van der Waals surface area contributed by atoms with Gasteiger partial charge in [0.15, 0.2) is 0 Å². The van der Waals surface area contributed by atoms with Crippen LogP contribution in [-0.4, -0.2) is 35.7 Å². The van der Waals surface area contributed by atoms with Gasteiger partial charge in [-0.3, -0.25) is 0 Å². The van der Waals surface area contributed by atoms with E-state index < -0.39 is 11.4 Å². The third-order valence-electron chi connectivity index (χ3n) is 3.72. The molecule has 0 spiro atoms. The van der Waals surface area contributed by atoms with Crippen LogP contribution >= 0.6 is 11.6 Å². The van der Waals surface area contributed by atoms with E-state index in [1.807, 2.05) is 20.8 Å². The Balaban J connectivity index is 1.98. The number of carbonyl (C=O) groups excluding carboxylic acids is 1. The molecule has 128 valence electrons. The minimum Gasteiger partial charge on any atom is -0.444 e. The lowest BCUT2D eigenvalue weighted by Gasteiger charge is -2.37. The largest absolute Gasteiger partial charge is 0.444 e. The average Bonchev–Trinajstić information content (AvgIpc) is 2.47. The molecule has 1 heterocycles. The maximum atomic E-state index is 13.2. The van der Waals surface area contributed by atoms with Crippen LogP contribution in [0.15, 0.2) is 18.2 Å². The number of anilines is 1. The molecule has 1 unspecified atom stereocenters. The molecule has 1 saturated heterocycles. The smallest absolute Gasteiger partial charge is 0.410 e. The van der Waals surface area contributed by atoms with Crippen molar-refractivity contribution in [3.63, 3.8) is 0 Å². The van der Waals surface area contributed by atoms with Gasteiger partial charge in [0.05, 0.1) is 11.1 Å². The minimum absolute atomic E-state index is 0.0578. The van der Waals surface area contributed by atoms with Gasteiger partial charge in [0.1, 0.15) is 11.4 Å². The van der Waals surface area contributed by atoms with Crippen molar-refractivity contribution in [1.29, 1.82) is 0 Å². The SMILES string of the molecule is CC(C)(C)OC(=O)N1CCCCC1CNc1ccc(F)c(Cl)c1. The number of benzene rings is 1. The second-order valence-electron chi connectivity index (χ2n) is 6.83. The minimum atomic E-state index is -0.503. The van der Waals surface area contributed by atoms with Crippen molar-refractivity contribution < 1.29 is 13.9 Å². The molecule has 0 radical (unpaired) electrons. The summed E-state index contributed by atoms with van der Waals surface area (Å²) in [6.45, 7) is 6.88. The van der Waals surface area contributed by atoms with Gasteiger partial charge >= 0.3 is 6.09 Å². The predicted molar refractivity (Wildman–Crippen MR) is 90.5 cm³/mol. The summed E-state index contributed by atoms with van der Waals surface area (Å²) in [5.41, 5.74) is 0.239. The number of carbonyl (C=O) groups is 1. The lowest BCUT2D eigenvalue weighted by Crippen LogP contribution is -2.48. The van der Waals surface area contributed by atoms with Crippen molar-refractivity contribution in [2.45, 2.75) is 51.7 Å². The van der Waals surface area contributed by atoms with E-state index in [1.54, 1.807) is 17.0 Å². The molecule has 0 aliphatic carbocycles. The monoisotopic (exact) mass is 342 g/mol. The number of rotatable bonds is 3. The van der Waals surface area contributed by atoms with Gasteiger partial charge in [0, 0.05) is 18.8 Å². The molecule has 23 heavy (non-hydrogen) atoms. The molecule has 0 bridgehead atoms. The summed E-state index contributed by atoms with van der Waals surface area (Å²) in [5.74, 6) is -0.440. The molecule has 1 aromatic rings. The van der Waals surface area contributed by atoms with Crippen molar-refractivity contribution in [3.8, 4) is 0 Å². The second-order valence-corrected chi connectivity index (χ2v) is 7.24. The molecule has 1 aliphatic rings. The molecule has 0 aromatic heterocycles. The van der Waals surface area contributed by atoms with Crippen molar-refractivity contribution >= 4 is 23.4 Å². The van der Waals surface area contributed by atoms with Gasteiger partial charge in [-0.25, -0.2) is 9.18 Å². The fourth-order valence-electron chi connectivity index (χ4n) is 2.62. The van der Waals surface area contributed by atoms with E-state index >= 15 is 0 Å². The number of amides is 1. The Morgan fingerprint density at radius 2 is 2.17 bits per heavy atom.